The monoisotopic (exact) mass is 307 g/mol. The molecule has 0 saturated heterocycles. The van der Waals surface area contributed by atoms with Crippen LogP contribution >= 0.6 is 0 Å². The van der Waals surface area contributed by atoms with Crippen LogP contribution in [0.2, 0.25) is 0 Å². The Hall–Kier alpha value is -2.12. The maximum Gasteiger partial charge on any atom is 0.265 e. The summed E-state index contributed by atoms with van der Waals surface area (Å²) in [5, 5.41) is 0. The molecule has 2 aromatic rings. The maximum atomic E-state index is 12.5. The van der Waals surface area contributed by atoms with E-state index in [1.165, 1.54) is 19.4 Å². The summed E-state index contributed by atoms with van der Waals surface area (Å²) in [5.74, 6) is 0.256. The van der Waals surface area contributed by atoms with Gasteiger partial charge in [-0.25, -0.2) is 8.42 Å². The van der Waals surface area contributed by atoms with Crippen LogP contribution in [-0.2, 0) is 16.6 Å². The number of methoxy groups -OCH3 is 1. The lowest BCUT2D eigenvalue weighted by Gasteiger charge is -2.13. The van der Waals surface area contributed by atoms with Gasteiger partial charge in [-0.15, -0.1) is 0 Å². The van der Waals surface area contributed by atoms with Gasteiger partial charge in [0.15, 0.2) is 0 Å². The van der Waals surface area contributed by atoms with E-state index in [-0.39, 0.29) is 10.6 Å². The third-order valence-corrected chi connectivity index (χ3v) is 4.44. The first kappa shape index (κ1) is 15.3. The number of benzene rings is 1. The van der Waals surface area contributed by atoms with Gasteiger partial charge in [0.25, 0.3) is 10.0 Å². The first-order valence-electron chi connectivity index (χ1n) is 6.28. The van der Waals surface area contributed by atoms with Crippen LogP contribution in [0.15, 0.2) is 41.6 Å². The fourth-order valence-corrected chi connectivity index (χ4v) is 3.10. The van der Waals surface area contributed by atoms with Crippen LogP contribution in [0.3, 0.4) is 0 Å². The second-order valence-electron chi connectivity index (χ2n) is 4.49. The quantitative estimate of drug-likeness (QED) is 0.876. The van der Waals surface area contributed by atoms with E-state index in [4.69, 9.17) is 10.5 Å². The predicted octanol–water partition coefficient (Wildman–Crippen LogP) is 1.66. The molecule has 3 N–H and O–H groups in total. The summed E-state index contributed by atoms with van der Waals surface area (Å²) >= 11 is 0. The van der Waals surface area contributed by atoms with Crippen molar-refractivity contribution in [3.8, 4) is 5.75 Å². The molecule has 0 aliphatic carbocycles. The van der Waals surface area contributed by atoms with Gasteiger partial charge in [-0.3, -0.25) is 9.71 Å². The van der Waals surface area contributed by atoms with Crippen molar-refractivity contribution in [2.24, 2.45) is 5.73 Å². The molecule has 0 bridgehead atoms. The molecule has 0 aliphatic rings. The molecule has 7 heteroatoms. The zero-order valence-corrected chi connectivity index (χ0v) is 12.6. The van der Waals surface area contributed by atoms with Gasteiger partial charge in [0.05, 0.1) is 19.0 Å². The minimum absolute atomic E-state index is 0.0606. The Morgan fingerprint density at radius 1 is 1.33 bits per heavy atom. The van der Waals surface area contributed by atoms with Gasteiger partial charge in [-0.2, -0.15) is 0 Å². The number of ether oxygens (including phenoxy) is 1. The van der Waals surface area contributed by atoms with E-state index >= 15 is 0 Å². The van der Waals surface area contributed by atoms with Crippen molar-refractivity contribution in [2.45, 2.75) is 18.4 Å². The highest BCUT2D eigenvalue weighted by Gasteiger charge is 2.20. The number of aromatic nitrogens is 1. The molecule has 1 heterocycles. The largest absolute Gasteiger partial charge is 0.495 e. The van der Waals surface area contributed by atoms with Crippen molar-refractivity contribution in [3.05, 3.63) is 47.8 Å². The van der Waals surface area contributed by atoms with E-state index in [9.17, 15) is 8.42 Å². The molecule has 0 unspecified atom stereocenters. The average molecular weight is 307 g/mol. The van der Waals surface area contributed by atoms with Gasteiger partial charge < -0.3 is 10.5 Å². The Bertz CT molecular complexity index is 745. The summed E-state index contributed by atoms with van der Waals surface area (Å²) in [6.45, 7) is 2.11. The lowest BCUT2D eigenvalue weighted by atomic mass is 10.2. The molecule has 0 amide bonds. The Kier molecular flexibility index (Phi) is 4.44. The molecular formula is C14H17N3O3S. The first-order valence-corrected chi connectivity index (χ1v) is 7.76. The lowest BCUT2D eigenvalue weighted by molar-refractivity contribution is 0.402. The van der Waals surface area contributed by atoms with Gasteiger partial charge in [0.1, 0.15) is 10.6 Å². The highest BCUT2D eigenvalue weighted by molar-refractivity contribution is 7.92. The lowest BCUT2D eigenvalue weighted by Crippen LogP contribution is -2.15. The molecular weight excluding hydrogens is 290 g/mol. The van der Waals surface area contributed by atoms with E-state index in [1.807, 2.05) is 0 Å². The molecule has 0 spiro atoms. The number of anilines is 1. The maximum absolute atomic E-state index is 12.5. The number of hydrogen-bond acceptors (Lipinski definition) is 5. The molecule has 1 aromatic heterocycles. The van der Waals surface area contributed by atoms with E-state index in [0.717, 1.165) is 11.1 Å². The van der Waals surface area contributed by atoms with Crippen molar-refractivity contribution in [1.29, 1.82) is 0 Å². The van der Waals surface area contributed by atoms with Crippen LogP contribution in [0.25, 0.3) is 0 Å². The second kappa shape index (κ2) is 6.11. The topological polar surface area (TPSA) is 94.3 Å². The molecule has 0 saturated carbocycles. The standard InChI is InChI=1S/C14H17N3O3S/c1-10-5-6-16-9-12(10)17-21(18,19)14-4-3-11(8-15)7-13(14)20-2/h3-7,9,17H,8,15H2,1-2H3. The van der Waals surface area contributed by atoms with Crippen molar-refractivity contribution in [2.75, 3.05) is 11.8 Å². The van der Waals surface area contributed by atoms with Crippen LogP contribution in [0.5, 0.6) is 5.75 Å². The minimum Gasteiger partial charge on any atom is -0.495 e. The zero-order valence-electron chi connectivity index (χ0n) is 11.8. The Balaban J connectivity index is 2.42. The summed E-state index contributed by atoms with van der Waals surface area (Å²) in [7, 11) is -2.34. The van der Waals surface area contributed by atoms with E-state index in [2.05, 4.69) is 9.71 Å². The molecule has 1 aromatic carbocycles. The van der Waals surface area contributed by atoms with E-state index in [1.54, 1.807) is 31.3 Å². The first-order chi connectivity index (χ1) is 9.97. The SMILES string of the molecule is COc1cc(CN)ccc1S(=O)(=O)Nc1cnccc1C. The number of rotatable bonds is 5. The van der Waals surface area contributed by atoms with Crippen molar-refractivity contribution in [3.63, 3.8) is 0 Å². The van der Waals surface area contributed by atoms with E-state index < -0.39 is 10.0 Å². The zero-order chi connectivity index (χ0) is 15.5. The number of aryl methyl sites for hydroxylation is 1. The molecule has 0 atom stereocenters. The van der Waals surface area contributed by atoms with Gasteiger partial charge in [0.2, 0.25) is 0 Å². The molecule has 21 heavy (non-hydrogen) atoms. The number of nitrogens with one attached hydrogen (secondary N) is 1. The highest BCUT2D eigenvalue weighted by Crippen LogP contribution is 2.27. The molecule has 2 rings (SSSR count). The summed E-state index contributed by atoms with van der Waals surface area (Å²) < 4.78 is 32.6. The fourth-order valence-electron chi connectivity index (χ4n) is 1.83. The fraction of sp³-hybridized carbons (Fsp3) is 0.214. The van der Waals surface area contributed by atoms with Crippen LogP contribution in [0.4, 0.5) is 5.69 Å². The second-order valence-corrected chi connectivity index (χ2v) is 6.14. The Labute approximate surface area is 124 Å². The van der Waals surface area contributed by atoms with Crippen LogP contribution in [0.1, 0.15) is 11.1 Å². The van der Waals surface area contributed by atoms with Gasteiger partial charge >= 0.3 is 0 Å². The summed E-state index contributed by atoms with van der Waals surface area (Å²) in [5.41, 5.74) is 7.56. The number of hydrogen-bond donors (Lipinski definition) is 2. The van der Waals surface area contributed by atoms with Gasteiger partial charge in [-0.1, -0.05) is 6.07 Å². The summed E-state index contributed by atoms with van der Waals surface area (Å²) in [6, 6.07) is 6.49. The van der Waals surface area contributed by atoms with Crippen LogP contribution < -0.4 is 15.2 Å². The number of pyridine rings is 1. The van der Waals surface area contributed by atoms with Crippen molar-refractivity contribution >= 4 is 15.7 Å². The van der Waals surface area contributed by atoms with Crippen molar-refractivity contribution < 1.29 is 13.2 Å². The van der Waals surface area contributed by atoms with Crippen LogP contribution in [-0.4, -0.2) is 20.5 Å². The third-order valence-electron chi connectivity index (χ3n) is 3.04. The number of nitrogens with two attached hydrogens (primary N) is 1. The minimum atomic E-state index is -3.76. The summed E-state index contributed by atoms with van der Waals surface area (Å²) in [4.78, 5) is 3.98. The Morgan fingerprint density at radius 2 is 2.10 bits per heavy atom. The number of sulfonamides is 1. The average Bonchev–Trinajstić information content (AvgIpc) is 2.48. The predicted molar refractivity (Wildman–Crippen MR) is 80.7 cm³/mol. The summed E-state index contributed by atoms with van der Waals surface area (Å²) in [6.07, 6.45) is 3.07. The number of nitrogens with zero attached hydrogens (tertiary/aromatic N) is 1. The molecule has 0 fully saturated rings. The normalized spacial score (nSPS) is 11.2. The van der Waals surface area contributed by atoms with Crippen LogP contribution in [0, 0.1) is 6.92 Å². The van der Waals surface area contributed by atoms with Crippen molar-refractivity contribution in [1.82, 2.24) is 4.98 Å². The van der Waals surface area contributed by atoms with Gasteiger partial charge in [-0.05, 0) is 36.2 Å². The molecule has 6 nitrogen and oxygen atoms in total. The molecule has 112 valence electrons. The van der Waals surface area contributed by atoms with Gasteiger partial charge in [0, 0.05) is 12.7 Å². The molecule has 0 radical (unpaired) electrons. The third kappa shape index (κ3) is 3.32. The highest BCUT2D eigenvalue weighted by atomic mass is 32.2. The smallest absolute Gasteiger partial charge is 0.265 e. The van der Waals surface area contributed by atoms with E-state index in [0.29, 0.717) is 12.2 Å². The Morgan fingerprint density at radius 3 is 2.71 bits per heavy atom. The molecule has 0 aliphatic heterocycles.